The van der Waals surface area contributed by atoms with Crippen molar-refractivity contribution in [2.45, 2.75) is 78.2 Å². The minimum Gasteiger partial charge on any atom is -0.494 e. The van der Waals surface area contributed by atoms with Gasteiger partial charge in [-0.25, -0.2) is 13.8 Å². The second-order valence-electron chi connectivity index (χ2n) is 9.40. The number of benzene rings is 1. The largest absolute Gasteiger partial charge is 0.494 e. The number of hydrogen-bond acceptors (Lipinski definition) is 4. The smallest absolute Gasteiger partial charge is 0.421 e. The molecule has 0 unspecified atom stereocenters. The summed E-state index contributed by atoms with van der Waals surface area (Å²) in [7, 11) is 0. The number of carbonyl (C=O) groups excluding carboxylic acids is 2. The minimum atomic E-state index is -0.793. The van der Waals surface area contributed by atoms with Crippen LogP contribution in [0.25, 0.3) is 10.9 Å². The van der Waals surface area contributed by atoms with Crippen LogP contribution in [0, 0.1) is 17.7 Å². The van der Waals surface area contributed by atoms with Crippen molar-refractivity contribution in [3.8, 4) is 5.88 Å². The average molecular weight is 418 g/mol. The maximum Gasteiger partial charge on any atom is 0.421 e. The van der Waals surface area contributed by atoms with Crippen LogP contribution in [0.5, 0.6) is 5.88 Å². The van der Waals surface area contributed by atoms with Crippen molar-refractivity contribution < 1.29 is 23.8 Å². The van der Waals surface area contributed by atoms with Crippen molar-refractivity contribution in [1.29, 1.82) is 0 Å². The number of halogens is 1. The molecule has 1 aliphatic rings. The van der Waals surface area contributed by atoms with Crippen LogP contribution in [0.4, 0.5) is 9.18 Å². The van der Waals surface area contributed by atoms with Gasteiger partial charge in [-0.2, -0.15) is 0 Å². The van der Waals surface area contributed by atoms with Gasteiger partial charge in [0.25, 0.3) is 0 Å². The highest BCUT2D eigenvalue weighted by molar-refractivity contribution is 6.13. The molecule has 0 spiro atoms. The number of ether oxygens (including phenoxy) is 1. The lowest BCUT2D eigenvalue weighted by Crippen LogP contribution is -2.27. The van der Waals surface area contributed by atoms with Gasteiger partial charge in [-0.1, -0.05) is 26.2 Å². The Labute approximate surface area is 177 Å². The lowest BCUT2D eigenvalue weighted by molar-refractivity contribution is 0.0533. The van der Waals surface area contributed by atoms with Crippen molar-refractivity contribution in [3.05, 3.63) is 29.6 Å². The van der Waals surface area contributed by atoms with E-state index in [9.17, 15) is 19.1 Å². The maximum atomic E-state index is 14.0. The van der Waals surface area contributed by atoms with Crippen molar-refractivity contribution >= 4 is 22.8 Å². The average Bonchev–Trinajstić information content (AvgIpc) is 2.96. The molecule has 1 fully saturated rings. The Morgan fingerprint density at radius 3 is 2.47 bits per heavy atom. The van der Waals surface area contributed by atoms with Gasteiger partial charge in [0.05, 0.1) is 11.1 Å². The Hall–Kier alpha value is -2.37. The summed E-state index contributed by atoms with van der Waals surface area (Å²) < 4.78 is 20.4. The molecule has 1 aromatic carbocycles. The van der Waals surface area contributed by atoms with Gasteiger partial charge in [0.1, 0.15) is 11.4 Å². The molecule has 0 atom stereocenters. The van der Waals surface area contributed by atoms with Crippen molar-refractivity contribution in [1.82, 2.24) is 4.57 Å². The molecule has 6 heteroatoms. The van der Waals surface area contributed by atoms with Crippen molar-refractivity contribution in [2.24, 2.45) is 11.8 Å². The van der Waals surface area contributed by atoms with E-state index in [1.807, 2.05) is 0 Å². The molecule has 0 saturated heterocycles. The summed E-state index contributed by atoms with van der Waals surface area (Å²) in [5, 5.41) is 11.1. The number of Topliss-reactive ketones (excluding diaryl/α,β-unsaturated/α-hetero) is 1. The molecule has 1 aromatic heterocycles. The Morgan fingerprint density at radius 1 is 1.20 bits per heavy atom. The van der Waals surface area contributed by atoms with Gasteiger partial charge in [-0.3, -0.25) is 4.79 Å². The van der Waals surface area contributed by atoms with Gasteiger partial charge in [0.2, 0.25) is 5.88 Å². The molecule has 1 saturated carbocycles. The molecule has 0 aliphatic heterocycles. The number of rotatable bonds is 5. The molecule has 3 rings (SSSR count). The quantitative estimate of drug-likeness (QED) is 0.568. The van der Waals surface area contributed by atoms with E-state index in [2.05, 4.69) is 6.92 Å². The summed E-state index contributed by atoms with van der Waals surface area (Å²) in [6.07, 6.45) is 6.23. The van der Waals surface area contributed by atoms with Crippen LogP contribution in [0.2, 0.25) is 0 Å². The normalized spacial score (nSPS) is 19.8. The van der Waals surface area contributed by atoms with Crippen LogP contribution < -0.4 is 0 Å². The SMILES string of the molecule is CCCCC1CCC(C(=O)c2c(O)n(C(=O)OC(C)(C)C)c3ccc(F)cc23)CC1. The first-order valence-electron chi connectivity index (χ1n) is 10.9. The van der Waals surface area contributed by atoms with E-state index >= 15 is 0 Å². The Bertz CT molecular complexity index is 933. The second-order valence-corrected chi connectivity index (χ2v) is 9.40. The first-order valence-corrected chi connectivity index (χ1v) is 10.9. The number of ketones is 1. The molecule has 164 valence electrons. The Morgan fingerprint density at radius 2 is 1.87 bits per heavy atom. The Kier molecular flexibility index (Phi) is 6.53. The lowest BCUT2D eigenvalue weighted by Gasteiger charge is -2.27. The second kappa shape index (κ2) is 8.78. The van der Waals surface area contributed by atoms with Gasteiger partial charge >= 0.3 is 6.09 Å². The molecule has 5 nitrogen and oxygen atoms in total. The highest BCUT2D eigenvalue weighted by Crippen LogP contribution is 2.39. The van der Waals surface area contributed by atoms with Gasteiger partial charge < -0.3 is 9.84 Å². The van der Waals surface area contributed by atoms with Crippen molar-refractivity contribution in [2.75, 3.05) is 0 Å². The van der Waals surface area contributed by atoms with E-state index in [-0.39, 0.29) is 28.2 Å². The molecule has 1 N–H and O–H groups in total. The lowest BCUT2D eigenvalue weighted by atomic mass is 9.77. The molecular weight excluding hydrogens is 385 g/mol. The van der Waals surface area contributed by atoms with E-state index in [0.717, 1.165) is 30.3 Å². The number of carbonyl (C=O) groups is 2. The number of fused-ring (bicyclic) bond motifs is 1. The van der Waals surface area contributed by atoms with Crippen molar-refractivity contribution in [3.63, 3.8) is 0 Å². The predicted molar refractivity (Wildman–Crippen MR) is 114 cm³/mol. The number of aromatic hydroxyl groups is 1. The third-order valence-corrected chi connectivity index (χ3v) is 5.91. The van der Waals surface area contributed by atoms with E-state index in [0.29, 0.717) is 5.92 Å². The number of aromatic nitrogens is 1. The summed E-state index contributed by atoms with van der Waals surface area (Å²) in [4.78, 5) is 26.1. The zero-order valence-corrected chi connectivity index (χ0v) is 18.3. The highest BCUT2D eigenvalue weighted by Gasteiger charge is 2.33. The van der Waals surface area contributed by atoms with E-state index in [1.165, 1.54) is 37.5 Å². The molecular formula is C24H32FNO4. The van der Waals surface area contributed by atoms with Crippen LogP contribution in [0.15, 0.2) is 18.2 Å². The molecule has 0 amide bonds. The van der Waals surface area contributed by atoms with E-state index in [4.69, 9.17) is 4.74 Å². The van der Waals surface area contributed by atoms with E-state index in [1.54, 1.807) is 20.8 Å². The summed E-state index contributed by atoms with van der Waals surface area (Å²) in [5.74, 6) is -0.804. The zero-order valence-electron chi connectivity index (χ0n) is 18.3. The molecule has 0 radical (unpaired) electrons. The fourth-order valence-electron chi connectivity index (χ4n) is 4.40. The minimum absolute atomic E-state index is 0.0207. The maximum absolute atomic E-state index is 14.0. The van der Waals surface area contributed by atoms with Crippen LogP contribution in [-0.4, -0.2) is 27.2 Å². The van der Waals surface area contributed by atoms with Crippen LogP contribution >= 0.6 is 0 Å². The standard InChI is InChI=1S/C24H32FNO4/c1-5-6-7-15-8-10-16(11-9-15)21(27)20-18-14-17(25)12-13-19(18)26(22(20)28)23(29)30-24(2,3)4/h12-16,28H,5-11H2,1-4H3. The van der Waals surface area contributed by atoms with E-state index < -0.39 is 23.4 Å². The third-order valence-electron chi connectivity index (χ3n) is 5.91. The number of unbranched alkanes of at least 4 members (excludes halogenated alkanes) is 1. The fraction of sp³-hybridized carbons (Fsp3) is 0.583. The molecule has 1 heterocycles. The number of nitrogens with zero attached hydrogens (tertiary/aromatic N) is 1. The Balaban J connectivity index is 1.94. The van der Waals surface area contributed by atoms with Gasteiger partial charge in [-0.15, -0.1) is 0 Å². The van der Waals surface area contributed by atoms with Crippen LogP contribution in [-0.2, 0) is 4.74 Å². The van der Waals surface area contributed by atoms with Gasteiger partial charge in [0.15, 0.2) is 5.78 Å². The zero-order chi connectivity index (χ0) is 22.1. The predicted octanol–water partition coefficient (Wildman–Crippen LogP) is 6.45. The molecule has 30 heavy (non-hydrogen) atoms. The van der Waals surface area contributed by atoms with Gasteiger partial charge in [0, 0.05) is 11.3 Å². The topological polar surface area (TPSA) is 68.5 Å². The first kappa shape index (κ1) is 22.3. The van der Waals surface area contributed by atoms with Gasteiger partial charge in [-0.05, 0) is 70.6 Å². The molecule has 1 aliphatic carbocycles. The summed E-state index contributed by atoms with van der Waals surface area (Å²) in [6, 6.07) is 3.80. The summed E-state index contributed by atoms with van der Waals surface area (Å²) in [6.45, 7) is 7.33. The monoisotopic (exact) mass is 417 g/mol. The first-order chi connectivity index (χ1) is 14.1. The highest BCUT2D eigenvalue weighted by atomic mass is 19.1. The summed E-state index contributed by atoms with van der Waals surface area (Å²) in [5.41, 5.74) is -0.489. The summed E-state index contributed by atoms with van der Waals surface area (Å²) >= 11 is 0. The third kappa shape index (κ3) is 4.68. The number of hydrogen-bond donors (Lipinski definition) is 1. The fourth-order valence-corrected chi connectivity index (χ4v) is 4.40. The molecule has 2 aromatic rings. The van der Waals surface area contributed by atoms with Crippen LogP contribution in [0.3, 0.4) is 0 Å². The molecule has 0 bridgehead atoms. The van der Waals surface area contributed by atoms with Crippen LogP contribution in [0.1, 0.15) is 83.0 Å².